The van der Waals surface area contributed by atoms with Gasteiger partial charge in [0, 0.05) is 30.8 Å². The average molecular weight is 379 g/mol. The van der Waals surface area contributed by atoms with E-state index in [9.17, 15) is 9.59 Å². The molecule has 2 aromatic heterocycles. The second-order valence-electron chi connectivity index (χ2n) is 5.90. The molecule has 0 fully saturated rings. The lowest BCUT2D eigenvalue weighted by molar-refractivity contribution is -0.117. The summed E-state index contributed by atoms with van der Waals surface area (Å²) in [7, 11) is 1.80. The number of nitrogens with one attached hydrogen (secondary N) is 1. The molecule has 0 atom stereocenters. The Morgan fingerprint density at radius 2 is 1.93 bits per heavy atom. The molecular weight excluding hydrogens is 362 g/mol. The molecule has 0 radical (unpaired) electrons. The molecule has 0 bridgehead atoms. The van der Waals surface area contributed by atoms with E-state index in [1.54, 1.807) is 54.3 Å². The van der Waals surface area contributed by atoms with E-state index in [0.717, 1.165) is 16.2 Å². The van der Waals surface area contributed by atoms with E-state index >= 15 is 0 Å². The number of carbonyl (C=O) groups is 1. The van der Waals surface area contributed by atoms with Crippen molar-refractivity contribution in [3.8, 4) is 23.0 Å². The van der Waals surface area contributed by atoms with Crippen LogP contribution < -0.4 is 10.3 Å². The average Bonchev–Trinajstić information content (AvgIpc) is 2.89. The summed E-state index contributed by atoms with van der Waals surface area (Å²) in [5.41, 5.74) is 2.48. The highest BCUT2D eigenvalue weighted by atomic mass is 32.2. The molecule has 0 aliphatic rings. The lowest BCUT2D eigenvalue weighted by atomic mass is 10.1. The Labute approximate surface area is 160 Å². The van der Waals surface area contributed by atoms with Crippen molar-refractivity contribution in [1.29, 1.82) is 5.26 Å². The van der Waals surface area contributed by atoms with Crippen LogP contribution in [0.1, 0.15) is 18.2 Å². The highest BCUT2D eigenvalue weighted by Crippen LogP contribution is 2.22. The van der Waals surface area contributed by atoms with E-state index in [4.69, 9.17) is 5.26 Å². The molecule has 7 nitrogen and oxygen atoms in total. The molecule has 0 saturated carbocycles. The number of carbonyl (C=O) groups excluding carboxylic acids is 1. The van der Waals surface area contributed by atoms with Gasteiger partial charge < -0.3 is 0 Å². The molecular formula is C19H17N5O2S. The van der Waals surface area contributed by atoms with Crippen LogP contribution in [0.15, 0.2) is 52.3 Å². The smallest absolute Gasteiger partial charge is 0.280 e. The molecule has 0 unspecified atom stereocenters. The highest BCUT2D eigenvalue weighted by Gasteiger charge is 2.18. The van der Waals surface area contributed by atoms with E-state index < -0.39 is 0 Å². The maximum Gasteiger partial charge on any atom is 0.280 e. The van der Waals surface area contributed by atoms with Gasteiger partial charge in [-0.1, -0.05) is 12.1 Å². The second kappa shape index (κ2) is 7.51. The number of nitrogens with zero attached hydrogens (tertiary/aromatic N) is 4. The molecule has 1 aromatic carbocycles. The van der Waals surface area contributed by atoms with Crippen molar-refractivity contribution in [3.05, 3.63) is 64.2 Å². The van der Waals surface area contributed by atoms with Crippen molar-refractivity contribution >= 4 is 17.9 Å². The number of hydrogen-bond donors (Lipinski definition) is 1. The normalized spacial score (nSPS) is 10.4. The first-order valence-electron chi connectivity index (χ1n) is 8.11. The van der Waals surface area contributed by atoms with Gasteiger partial charge in [-0.05, 0) is 48.7 Å². The third-order valence-electron chi connectivity index (χ3n) is 4.11. The molecule has 1 N–H and O–H groups in total. The SMILES string of the molecule is CC(=O)NSc1ccc(-n2c(=O)c(-c3ccc(C#N)cc3)c(C)n2C)nc1. The van der Waals surface area contributed by atoms with Gasteiger partial charge in [-0.3, -0.25) is 19.0 Å². The monoisotopic (exact) mass is 379 g/mol. The van der Waals surface area contributed by atoms with Gasteiger partial charge in [0.25, 0.3) is 5.56 Å². The van der Waals surface area contributed by atoms with Crippen LogP contribution in [0.4, 0.5) is 0 Å². The fourth-order valence-corrected chi connectivity index (χ4v) is 3.20. The van der Waals surface area contributed by atoms with Crippen LogP contribution in [-0.2, 0) is 11.8 Å². The van der Waals surface area contributed by atoms with Crippen molar-refractivity contribution in [2.75, 3.05) is 0 Å². The zero-order chi connectivity index (χ0) is 19.6. The summed E-state index contributed by atoms with van der Waals surface area (Å²) < 4.78 is 5.87. The molecule has 136 valence electrons. The largest absolute Gasteiger partial charge is 0.296 e. The van der Waals surface area contributed by atoms with E-state index in [1.165, 1.54) is 23.6 Å². The minimum Gasteiger partial charge on any atom is -0.296 e. The summed E-state index contributed by atoms with van der Waals surface area (Å²) in [5.74, 6) is 0.336. The van der Waals surface area contributed by atoms with Crippen molar-refractivity contribution < 1.29 is 4.79 Å². The van der Waals surface area contributed by atoms with Gasteiger partial charge >= 0.3 is 0 Å². The maximum atomic E-state index is 13.0. The van der Waals surface area contributed by atoms with Gasteiger partial charge in [-0.15, -0.1) is 0 Å². The first-order chi connectivity index (χ1) is 12.9. The first kappa shape index (κ1) is 18.5. The third-order valence-corrected chi connectivity index (χ3v) is 4.97. The molecule has 0 saturated heterocycles. The summed E-state index contributed by atoms with van der Waals surface area (Å²) in [5, 5.41) is 8.94. The van der Waals surface area contributed by atoms with E-state index in [0.29, 0.717) is 16.9 Å². The van der Waals surface area contributed by atoms with Crippen molar-refractivity contribution in [2.45, 2.75) is 18.7 Å². The van der Waals surface area contributed by atoms with Crippen molar-refractivity contribution in [3.63, 3.8) is 0 Å². The van der Waals surface area contributed by atoms with Gasteiger partial charge in [0.05, 0.1) is 17.2 Å². The predicted molar refractivity (Wildman–Crippen MR) is 103 cm³/mol. The number of benzene rings is 1. The Balaban J connectivity index is 2.01. The number of aromatic nitrogens is 3. The highest BCUT2D eigenvalue weighted by molar-refractivity contribution is 7.98. The molecule has 0 aliphatic carbocycles. The lowest BCUT2D eigenvalue weighted by Crippen LogP contribution is -2.21. The van der Waals surface area contributed by atoms with E-state index in [-0.39, 0.29) is 11.5 Å². The van der Waals surface area contributed by atoms with E-state index in [2.05, 4.69) is 15.8 Å². The molecule has 2 heterocycles. The van der Waals surface area contributed by atoms with Crippen LogP contribution >= 0.6 is 11.9 Å². The number of nitriles is 1. The minimum absolute atomic E-state index is 0.148. The number of pyridine rings is 1. The van der Waals surface area contributed by atoms with E-state index in [1.807, 2.05) is 6.92 Å². The summed E-state index contributed by atoms with van der Waals surface area (Å²) in [6.07, 6.45) is 1.60. The number of hydrogen-bond acceptors (Lipinski definition) is 5. The molecule has 3 aromatic rings. The molecule has 0 spiro atoms. The van der Waals surface area contributed by atoms with Crippen LogP contribution in [0.2, 0.25) is 0 Å². The second-order valence-corrected chi connectivity index (χ2v) is 6.78. The van der Waals surface area contributed by atoms with Gasteiger partial charge in [-0.2, -0.15) is 9.94 Å². The topological polar surface area (TPSA) is 92.7 Å². The molecule has 27 heavy (non-hydrogen) atoms. The summed E-state index contributed by atoms with van der Waals surface area (Å²) >= 11 is 1.17. The van der Waals surface area contributed by atoms with Crippen molar-refractivity contribution in [1.82, 2.24) is 19.1 Å². The van der Waals surface area contributed by atoms with Crippen molar-refractivity contribution in [2.24, 2.45) is 7.05 Å². The van der Waals surface area contributed by atoms with Gasteiger partial charge in [-0.25, -0.2) is 4.98 Å². The summed E-state index contributed by atoms with van der Waals surface area (Å²) in [6, 6.07) is 12.5. The zero-order valence-corrected chi connectivity index (χ0v) is 15.9. The van der Waals surface area contributed by atoms with Gasteiger partial charge in [0.1, 0.15) is 0 Å². The van der Waals surface area contributed by atoms with Crippen LogP contribution in [0.5, 0.6) is 0 Å². The molecule has 3 rings (SSSR count). The lowest BCUT2D eigenvalue weighted by Gasteiger charge is -2.08. The Bertz CT molecular complexity index is 1090. The van der Waals surface area contributed by atoms with Crippen LogP contribution in [0, 0.1) is 18.3 Å². The fourth-order valence-electron chi connectivity index (χ4n) is 2.70. The number of rotatable bonds is 4. The van der Waals surface area contributed by atoms with Gasteiger partial charge in [0.2, 0.25) is 5.91 Å². The van der Waals surface area contributed by atoms with Gasteiger partial charge in [0.15, 0.2) is 5.82 Å². The zero-order valence-electron chi connectivity index (χ0n) is 15.1. The number of amides is 1. The Morgan fingerprint density at radius 1 is 1.22 bits per heavy atom. The van der Waals surface area contributed by atoms with Crippen LogP contribution in [-0.4, -0.2) is 20.3 Å². The third kappa shape index (κ3) is 3.64. The standard InChI is InChI=1S/C19H17N5O2S/c1-12-18(15-6-4-14(10-20)5-7-15)19(26)24(23(12)3)17-9-8-16(11-21-17)27-22-13(2)25/h4-9,11H,1-3H3,(H,22,25). The minimum atomic E-state index is -0.186. The Hall–Kier alpha value is -3.31. The predicted octanol–water partition coefficient (Wildman–Crippen LogP) is 2.56. The Kier molecular flexibility index (Phi) is 5.14. The fraction of sp³-hybridized carbons (Fsp3) is 0.158. The molecule has 1 amide bonds. The first-order valence-corrected chi connectivity index (χ1v) is 8.93. The summed E-state index contributed by atoms with van der Waals surface area (Å²) in [6.45, 7) is 3.30. The maximum absolute atomic E-state index is 13.0. The Morgan fingerprint density at radius 3 is 2.48 bits per heavy atom. The van der Waals surface area contributed by atoms with Crippen LogP contribution in [0.3, 0.4) is 0 Å². The molecule has 8 heteroatoms. The molecule has 0 aliphatic heterocycles. The quantitative estimate of drug-likeness (QED) is 0.703. The van der Waals surface area contributed by atoms with Crippen LogP contribution in [0.25, 0.3) is 16.9 Å². The summed E-state index contributed by atoms with van der Waals surface area (Å²) in [4.78, 5) is 29.1.